The van der Waals surface area contributed by atoms with Gasteiger partial charge in [-0.15, -0.1) is 0 Å². The summed E-state index contributed by atoms with van der Waals surface area (Å²) in [5, 5.41) is 19.3. The predicted octanol–water partition coefficient (Wildman–Crippen LogP) is 2.51. The zero-order valence-corrected chi connectivity index (χ0v) is 13.6. The second-order valence-corrected chi connectivity index (χ2v) is 11.6. The van der Waals surface area contributed by atoms with E-state index in [0.29, 0.717) is 26.0 Å². The Morgan fingerprint density at radius 3 is 2.47 bits per heavy atom. The van der Waals surface area contributed by atoms with Crippen LogP contribution in [0.2, 0.25) is 18.1 Å². The van der Waals surface area contributed by atoms with Crippen molar-refractivity contribution in [2.75, 3.05) is 13.2 Å². The minimum Gasteiger partial charge on any atom is -0.465 e. The fourth-order valence-corrected chi connectivity index (χ4v) is 3.01. The van der Waals surface area contributed by atoms with E-state index in [0.717, 1.165) is 0 Å². The van der Waals surface area contributed by atoms with Gasteiger partial charge in [0.15, 0.2) is 8.32 Å². The highest BCUT2D eigenvalue weighted by atomic mass is 28.4. The largest absolute Gasteiger partial charge is 0.465 e. The summed E-state index contributed by atoms with van der Waals surface area (Å²) in [5.41, 5.74) is 0. The Hall–Kier alpha value is -0.593. The van der Waals surface area contributed by atoms with E-state index in [4.69, 9.17) is 4.43 Å². The Morgan fingerprint density at radius 1 is 1.42 bits per heavy atom. The van der Waals surface area contributed by atoms with Gasteiger partial charge in [-0.25, -0.2) is 4.79 Å². The van der Waals surface area contributed by atoms with Crippen LogP contribution in [0.15, 0.2) is 0 Å². The maximum absolute atomic E-state index is 11.2. The standard InChI is InChI=1S/C13H27NO4Si/c1-13(2,3)19(4,5)18-9-10-11(15)7-6-8-14(10)12(16)17/h10-11,15H,6-9H2,1-5H3,(H,16,17). The van der Waals surface area contributed by atoms with E-state index < -0.39 is 26.6 Å². The van der Waals surface area contributed by atoms with Gasteiger partial charge >= 0.3 is 6.09 Å². The summed E-state index contributed by atoms with van der Waals surface area (Å²) < 4.78 is 6.06. The average molecular weight is 289 g/mol. The molecule has 2 atom stereocenters. The topological polar surface area (TPSA) is 70.0 Å². The van der Waals surface area contributed by atoms with E-state index in [1.165, 1.54) is 4.90 Å². The molecule has 0 saturated carbocycles. The van der Waals surface area contributed by atoms with Gasteiger partial charge in [0, 0.05) is 6.54 Å². The van der Waals surface area contributed by atoms with Crippen molar-refractivity contribution in [2.24, 2.45) is 0 Å². The summed E-state index contributed by atoms with van der Waals surface area (Å²) in [5.74, 6) is 0. The van der Waals surface area contributed by atoms with Gasteiger partial charge in [-0.2, -0.15) is 0 Å². The molecule has 0 bridgehead atoms. The van der Waals surface area contributed by atoms with Crippen molar-refractivity contribution < 1.29 is 19.4 Å². The number of likely N-dealkylation sites (tertiary alicyclic amines) is 1. The van der Waals surface area contributed by atoms with Crippen LogP contribution in [-0.4, -0.2) is 54.8 Å². The lowest BCUT2D eigenvalue weighted by atomic mass is 10.0. The van der Waals surface area contributed by atoms with E-state index in [1.807, 2.05) is 0 Å². The van der Waals surface area contributed by atoms with Gasteiger partial charge in [-0.3, -0.25) is 0 Å². The highest BCUT2D eigenvalue weighted by molar-refractivity contribution is 6.74. The molecule has 6 heteroatoms. The van der Waals surface area contributed by atoms with Crippen molar-refractivity contribution in [3.05, 3.63) is 0 Å². The van der Waals surface area contributed by atoms with E-state index >= 15 is 0 Å². The summed E-state index contributed by atoms with van der Waals surface area (Å²) in [6.07, 6.45) is -0.225. The third-order valence-corrected chi connectivity index (χ3v) is 8.91. The Kier molecular flexibility index (Phi) is 5.03. The van der Waals surface area contributed by atoms with Crippen LogP contribution in [0.4, 0.5) is 4.79 Å². The number of amides is 1. The van der Waals surface area contributed by atoms with E-state index in [2.05, 4.69) is 33.9 Å². The summed E-state index contributed by atoms with van der Waals surface area (Å²) >= 11 is 0. The second-order valence-electron chi connectivity index (χ2n) is 6.82. The molecular weight excluding hydrogens is 262 g/mol. The molecule has 0 aromatic carbocycles. The highest BCUT2D eigenvalue weighted by Gasteiger charge is 2.40. The lowest BCUT2D eigenvalue weighted by molar-refractivity contribution is -0.00563. The van der Waals surface area contributed by atoms with Gasteiger partial charge in [0.1, 0.15) is 0 Å². The van der Waals surface area contributed by atoms with Crippen LogP contribution >= 0.6 is 0 Å². The van der Waals surface area contributed by atoms with Gasteiger partial charge in [0.2, 0.25) is 0 Å². The molecule has 1 rings (SSSR count). The Labute approximate surface area is 116 Å². The first-order chi connectivity index (χ1) is 8.56. The fourth-order valence-electron chi connectivity index (χ4n) is 1.99. The first-order valence-corrected chi connectivity index (χ1v) is 9.78. The molecule has 1 saturated heterocycles. The monoisotopic (exact) mass is 289 g/mol. The van der Waals surface area contributed by atoms with Gasteiger partial charge in [0.25, 0.3) is 0 Å². The first kappa shape index (κ1) is 16.5. The van der Waals surface area contributed by atoms with E-state index in [1.54, 1.807) is 0 Å². The third kappa shape index (κ3) is 3.93. The van der Waals surface area contributed by atoms with Gasteiger partial charge in [-0.1, -0.05) is 20.8 Å². The van der Waals surface area contributed by atoms with Crippen LogP contribution in [0, 0.1) is 0 Å². The molecule has 1 amide bonds. The molecule has 2 unspecified atom stereocenters. The quantitative estimate of drug-likeness (QED) is 0.783. The molecule has 1 aliphatic rings. The second kappa shape index (κ2) is 5.81. The van der Waals surface area contributed by atoms with Crippen LogP contribution in [0.25, 0.3) is 0 Å². The van der Waals surface area contributed by atoms with Crippen molar-refractivity contribution in [1.82, 2.24) is 4.90 Å². The SMILES string of the molecule is CC(C)(C)[Si](C)(C)OCC1C(O)CCCN1C(=O)O. The summed E-state index contributed by atoms with van der Waals surface area (Å²) in [4.78, 5) is 12.5. The number of aliphatic hydroxyl groups excluding tert-OH is 1. The fraction of sp³-hybridized carbons (Fsp3) is 0.923. The van der Waals surface area contributed by atoms with Crippen LogP contribution in [-0.2, 0) is 4.43 Å². The Morgan fingerprint density at radius 2 is 2.00 bits per heavy atom. The molecule has 0 aromatic heterocycles. The Bertz CT molecular complexity index is 327. The molecule has 1 heterocycles. The molecule has 19 heavy (non-hydrogen) atoms. The minimum atomic E-state index is -1.91. The predicted molar refractivity (Wildman–Crippen MR) is 76.9 cm³/mol. The van der Waals surface area contributed by atoms with Gasteiger partial charge in [0.05, 0.1) is 18.8 Å². The lowest BCUT2D eigenvalue weighted by Gasteiger charge is -2.41. The van der Waals surface area contributed by atoms with Crippen LogP contribution in [0.3, 0.4) is 0 Å². The number of carboxylic acid groups (broad SMARTS) is 1. The zero-order chi connectivity index (χ0) is 14.8. The smallest absolute Gasteiger partial charge is 0.407 e. The maximum Gasteiger partial charge on any atom is 0.407 e. The number of nitrogens with zero attached hydrogens (tertiary/aromatic N) is 1. The molecule has 1 fully saturated rings. The molecular formula is C13H27NO4Si. The zero-order valence-electron chi connectivity index (χ0n) is 12.6. The van der Waals surface area contributed by atoms with E-state index in [9.17, 15) is 15.0 Å². The van der Waals surface area contributed by atoms with Gasteiger partial charge in [-0.05, 0) is 31.0 Å². The summed E-state index contributed by atoms with van der Waals surface area (Å²) in [6, 6.07) is -0.430. The minimum absolute atomic E-state index is 0.0840. The first-order valence-electron chi connectivity index (χ1n) is 6.88. The molecule has 5 nitrogen and oxygen atoms in total. The molecule has 1 aliphatic heterocycles. The van der Waals surface area contributed by atoms with Crippen LogP contribution in [0.1, 0.15) is 33.6 Å². The molecule has 2 N–H and O–H groups in total. The van der Waals surface area contributed by atoms with Crippen molar-refractivity contribution in [3.8, 4) is 0 Å². The van der Waals surface area contributed by atoms with E-state index in [-0.39, 0.29) is 5.04 Å². The number of aliphatic hydroxyl groups is 1. The average Bonchev–Trinajstić information content (AvgIpc) is 2.25. The number of hydrogen-bond donors (Lipinski definition) is 2. The van der Waals surface area contributed by atoms with Crippen molar-refractivity contribution in [2.45, 2.75) is 63.9 Å². The summed E-state index contributed by atoms with van der Waals surface area (Å²) in [6.45, 7) is 11.5. The highest BCUT2D eigenvalue weighted by Crippen LogP contribution is 2.37. The normalized spacial score (nSPS) is 25.5. The summed E-state index contributed by atoms with van der Waals surface area (Å²) in [7, 11) is -1.91. The van der Waals surface area contributed by atoms with Crippen LogP contribution in [0.5, 0.6) is 0 Å². The van der Waals surface area contributed by atoms with Crippen molar-refractivity contribution in [1.29, 1.82) is 0 Å². The third-order valence-electron chi connectivity index (χ3n) is 4.41. The number of hydrogen-bond acceptors (Lipinski definition) is 3. The molecule has 0 aliphatic carbocycles. The van der Waals surface area contributed by atoms with Crippen molar-refractivity contribution >= 4 is 14.4 Å². The number of piperidine rings is 1. The molecule has 112 valence electrons. The molecule has 0 spiro atoms. The number of rotatable bonds is 3. The van der Waals surface area contributed by atoms with Gasteiger partial charge < -0.3 is 19.5 Å². The van der Waals surface area contributed by atoms with Crippen LogP contribution < -0.4 is 0 Å². The molecule has 0 aromatic rings. The Balaban J connectivity index is 2.70. The molecule has 0 radical (unpaired) electrons. The van der Waals surface area contributed by atoms with Crippen molar-refractivity contribution in [3.63, 3.8) is 0 Å². The number of carbonyl (C=O) groups is 1. The lowest BCUT2D eigenvalue weighted by Crippen LogP contribution is -2.55. The maximum atomic E-state index is 11.2.